The van der Waals surface area contributed by atoms with Crippen molar-refractivity contribution in [3.63, 3.8) is 0 Å². The first-order valence-electron chi connectivity index (χ1n) is 13.5. The lowest BCUT2D eigenvalue weighted by atomic mass is 9.92. The van der Waals surface area contributed by atoms with E-state index in [0.717, 1.165) is 33.6 Å². The van der Waals surface area contributed by atoms with E-state index in [9.17, 15) is 0 Å². The fourth-order valence-electron chi connectivity index (χ4n) is 6.27. The van der Waals surface area contributed by atoms with Gasteiger partial charge in [0.1, 0.15) is 11.2 Å². The summed E-state index contributed by atoms with van der Waals surface area (Å²) < 4.78 is 8.81. The molecule has 0 fully saturated rings. The number of thiophene rings is 1. The highest BCUT2D eigenvalue weighted by molar-refractivity contribution is 7.18. The van der Waals surface area contributed by atoms with Gasteiger partial charge in [-0.25, -0.2) is 0 Å². The summed E-state index contributed by atoms with van der Waals surface area (Å²) in [4.78, 5) is 2.23. The quantitative estimate of drug-likeness (QED) is 0.210. The number of benzene rings is 6. The van der Waals surface area contributed by atoms with Gasteiger partial charge in [0.25, 0.3) is 0 Å². The van der Waals surface area contributed by atoms with Crippen molar-refractivity contribution in [2.24, 2.45) is 0 Å². The molecule has 0 amide bonds. The molecule has 6 aromatic carbocycles. The average Bonchev–Trinajstić information content (AvgIpc) is 3.55. The maximum atomic E-state index is 6.29. The van der Waals surface area contributed by atoms with Crippen molar-refractivity contribution in [2.45, 2.75) is 6.92 Å². The highest BCUT2D eigenvalue weighted by Gasteiger charge is 2.19. The molecule has 0 aliphatic rings. The van der Waals surface area contributed by atoms with Crippen LogP contribution in [0.15, 0.2) is 132 Å². The lowest BCUT2D eigenvalue weighted by Gasteiger charge is -2.25. The van der Waals surface area contributed by atoms with Crippen LogP contribution in [0, 0.1) is 6.92 Å². The second-order valence-electron chi connectivity index (χ2n) is 10.2. The second-order valence-corrected chi connectivity index (χ2v) is 11.3. The largest absolute Gasteiger partial charge is 0.456 e. The van der Waals surface area contributed by atoms with E-state index in [0.29, 0.717) is 0 Å². The first kappa shape index (κ1) is 23.1. The smallest absolute Gasteiger partial charge is 0.136 e. The highest BCUT2D eigenvalue weighted by atomic mass is 32.1. The van der Waals surface area contributed by atoms with Crippen LogP contribution < -0.4 is 9.43 Å². The van der Waals surface area contributed by atoms with E-state index in [1.165, 1.54) is 47.1 Å². The zero-order valence-corrected chi connectivity index (χ0v) is 22.8. The summed E-state index contributed by atoms with van der Waals surface area (Å²) in [7, 11) is 0. The molecule has 190 valence electrons. The topological polar surface area (TPSA) is 16.4 Å². The number of nitrogens with zero attached hydrogens (tertiary/aromatic N) is 1. The van der Waals surface area contributed by atoms with E-state index in [2.05, 4.69) is 122 Å². The van der Waals surface area contributed by atoms with Gasteiger partial charge in [-0.15, -0.1) is 11.3 Å². The molecule has 0 atom stereocenters. The fraction of sp³-hybridized carbons (Fsp3) is 0.0270. The van der Waals surface area contributed by atoms with E-state index < -0.39 is 0 Å². The van der Waals surface area contributed by atoms with E-state index >= 15 is 0 Å². The third-order valence-electron chi connectivity index (χ3n) is 7.94. The minimum atomic E-state index is 0.923. The minimum absolute atomic E-state index is 0.923. The number of fused-ring (bicyclic) bond motifs is 6. The summed E-state index contributed by atoms with van der Waals surface area (Å²) in [6.07, 6.45) is 2.26. The van der Waals surface area contributed by atoms with Crippen molar-refractivity contribution in [1.29, 1.82) is 0 Å². The molecule has 2 nitrogen and oxygen atoms in total. The molecule has 0 saturated carbocycles. The van der Waals surface area contributed by atoms with Gasteiger partial charge in [0.15, 0.2) is 0 Å². The summed E-state index contributed by atoms with van der Waals surface area (Å²) >= 11 is 1.84. The molecule has 0 aliphatic carbocycles. The number of para-hydroxylation sites is 3. The predicted molar refractivity (Wildman–Crippen MR) is 173 cm³/mol. The lowest BCUT2D eigenvalue weighted by molar-refractivity contribution is 0.669. The molecule has 3 heteroatoms. The number of anilines is 2. The Bertz CT molecular complexity index is 2250. The summed E-state index contributed by atoms with van der Waals surface area (Å²) in [5, 5.41) is 8.80. The number of hydrogen-bond donors (Lipinski definition) is 0. The van der Waals surface area contributed by atoms with Crippen LogP contribution in [-0.2, 0) is 0 Å². The molecular weight excluding hydrogens is 506 g/mol. The van der Waals surface area contributed by atoms with Crippen LogP contribution in [0.4, 0.5) is 11.4 Å². The van der Waals surface area contributed by atoms with E-state index in [1.807, 2.05) is 29.5 Å². The molecular formula is C37H25NOS. The molecule has 2 heterocycles. The van der Waals surface area contributed by atoms with Crippen molar-refractivity contribution in [2.75, 3.05) is 4.90 Å². The number of rotatable bonds is 4. The van der Waals surface area contributed by atoms with Crippen LogP contribution in [-0.4, -0.2) is 0 Å². The third-order valence-corrected chi connectivity index (χ3v) is 9.04. The van der Waals surface area contributed by atoms with Crippen LogP contribution in [0.2, 0.25) is 0 Å². The van der Waals surface area contributed by atoms with Gasteiger partial charge < -0.3 is 9.32 Å². The Morgan fingerprint density at radius 2 is 1.27 bits per heavy atom. The third kappa shape index (κ3) is 3.35. The zero-order valence-electron chi connectivity index (χ0n) is 22.0. The Morgan fingerprint density at radius 1 is 0.625 bits per heavy atom. The van der Waals surface area contributed by atoms with Gasteiger partial charge in [-0.3, -0.25) is 0 Å². The monoisotopic (exact) mass is 531 g/mol. The first-order chi connectivity index (χ1) is 19.7. The first-order valence-corrected chi connectivity index (χ1v) is 14.3. The van der Waals surface area contributed by atoms with Gasteiger partial charge >= 0.3 is 0 Å². The van der Waals surface area contributed by atoms with E-state index in [4.69, 9.17) is 4.42 Å². The zero-order chi connectivity index (χ0) is 26.8. The molecule has 8 rings (SSSR count). The highest BCUT2D eigenvalue weighted by Crippen LogP contribution is 2.43. The Morgan fingerprint density at radius 3 is 2.02 bits per heavy atom. The van der Waals surface area contributed by atoms with Gasteiger partial charge in [0.2, 0.25) is 0 Å². The standard InChI is InChI=1S/C37H25NOS/c1-23(38(25-12-5-3-6-13-25)26-14-7-4-8-15-26)22-33-35-24(2)34-28(27-17-11-19-32(40-33)37(27)35)20-21-31-36(34)29-16-9-10-18-30(29)39-31/h3-22H,1H2,2H3/b33-22+. The van der Waals surface area contributed by atoms with E-state index in [-0.39, 0.29) is 0 Å². The van der Waals surface area contributed by atoms with E-state index in [1.54, 1.807) is 0 Å². The van der Waals surface area contributed by atoms with Crippen molar-refractivity contribution in [1.82, 2.24) is 0 Å². The van der Waals surface area contributed by atoms with Crippen LogP contribution >= 0.6 is 11.3 Å². The molecule has 0 bridgehead atoms. The Balaban J connectivity index is 1.46. The minimum Gasteiger partial charge on any atom is -0.456 e. The Labute approximate surface area is 235 Å². The van der Waals surface area contributed by atoms with Crippen LogP contribution in [0.3, 0.4) is 0 Å². The van der Waals surface area contributed by atoms with Gasteiger partial charge in [-0.2, -0.15) is 0 Å². The van der Waals surface area contributed by atoms with Crippen molar-refractivity contribution in [3.8, 4) is 0 Å². The summed E-state index contributed by atoms with van der Waals surface area (Å²) in [6.45, 7) is 6.86. The van der Waals surface area contributed by atoms with Crippen molar-refractivity contribution < 1.29 is 4.42 Å². The van der Waals surface area contributed by atoms with Gasteiger partial charge in [0, 0.05) is 47.8 Å². The maximum absolute atomic E-state index is 6.29. The lowest BCUT2D eigenvalue weighted by Crippen LogP contribution is -2.15. The molecule has 2 aromatic heterocycles. The molecule has 0 saturated heterocycles. The van der Waals surface area contributed by atoms with Crippen molar-refractivity contribution in [3.05, 3.63) is 138 Å². The number of furan rings is 1. The normalized spacial score (nSPS) is 12.4. The predicted octanol–water partition coefficient (Wildman–Crippen LogP) is 10.3. The summed E-state index contributed by atoms with van der Waals surface area (Å²) in [5.74, 6) is 0. The number of hydrogen-bond acceptors (Lipinski definition) is 3. The SMILES string of the molecule is C=C(/C=c1/sc2cccc3c4ccc5oc6ccccc6c5c4c(C)c1c23)N(c1ccccc1)c1ccccc1. The average molecular weight is 532 g/mol. The van der Waals surface area contributed by atoms with Crippen LogP contribution in [0.5, 0.6) is 0 Å². The van der Waals surface area contributed by atoms with Crippen LogP contribution in [0.1, 0.15) is 5.56 Å². The molecule has 0 spiro atoms. The van der Waals surface area contributed by atoms with Crippen molar-refractivity contribution >= 4 is 82.4 Å². The molecule has 40 heavy (non-hydrogen) atoms. The fourth-order valence-corrected chi connectivity index (χ4v) is 7.52. The second kappa shape index (κ2) is 8.84. The Kier molecular flexibility index (Phi) is 5.10. The molecule has 0 aliphatic heterocycles. The van der Waals surface area contributed by atoms with Gasteiger partial charge in [-0.1, -0.05) is 73.3 Å². The summed E-state index contributed by atoms with van der Waals surface area (Å²) in [6, 6.07) is 40.3. The molecule has 0 radical (unpaired) electrons. The summed E-state index contributed by atoms with van der Waals surface area (Å²) in [5.41, 5.74) is 6.23. The maximum Gasteiger partial charge on any atom is 0.136 e. The van der Waals surface area contributed by atoms with Gasteiger partial charge in [-0.05, 0) is 83.3 Å². The molecule has 0 unspecified atom stereocenters. The molecule has 0 N–H and O–H groups in total. The van der Waals surface area contributed by atoms with Crippen LogP contribution in [0.25, 0.3) is 59.6 Å². The molecule has 8 aromatic rings. The number of allylic oxidation sites excluding steroid dienone is 1. The number of aryl methyl sites for hydroxylation is 1. The Hall–Kier alpha value is -4.86. The van der Waals surface area contributed by atoms with Gasteiger partial charge in [0.05, 0.1) is 0 Å².